The fourth-order valence-corrected chi connectivity index (χ4v) is 3.06. The van der Waals surface area contributed by atoms with Crippen LogP contribution in [0.3, 0.4) is 0 Å². The molecule has 2 aromatic heterocycles. The molecule has 26 heavy (non-hydrogen) atoms. The first-order valence-corrected chi connectivity index (χ1v) is 8.26. The molecule has 0 bridgehead atoms. The molecule has 3 heterocycles. The van der Waals surface area contributed by atoms with E-state index in [1.54, 1.807) is 41.4 Å². The van der Waals surface area contributed by atoms with Gasteiger partial charge < -0.3 is 9.64 Å². The van der Waals surface area contributed by atoms with Crippen molar-refractivity contribution in [3.8, 4) is 0 Å². The fourth-order valence-electron chi connectivity index (χ4n) is 3.06. The van der Waals surface area contributed by atoms with Crippen LogP contribution in [0.25, 0.3) is 5.65 Å². The third-order valence-corrected chi connectivity index (χ3v) is 4.44. The number of ether oxygens (including phenoxy) is 1. The summed E-state index contributed by atoms with van der Waals surface area (Å²) >= 11 is 0. The molecule has 4 rings (SSSR count). The lowest BCUT2D eigenvalue weighted by Crippen LogP contribution is -2.44. The molecule has 0 saturated carbocycles. The predicted octanol–water partition coefficient (Wildman–Crippen LogP) is 2.05. The number of pyridine rings is 1. The molecule has 1 fully saturated rings. The van der Waals surface area contributed by atoms with Crippen LogP contribution >= 0.6 is 0 Å². The molecule has 1 aromatic carbocycles. The number of carbonyl (C=O) groups is 1. The minimum absolute atomic E-state index is 0.0217. The van der Waals surface area contributed by atoms with Crippen LogP contribution in [0.15, 0.2) is 59.7 Å². The number of aromatic nitrogens is 2. The van der Waals surface area contributed by atoms with E-state index in [1.165, 1.54) is 22.7 Å². The molecule has 1 aliphatic heterocycles. The molecule has 1 saturated heterocycles. The molecule has 1 atom stereocenters. The van der Waals surface area contributed by atoms with Crippen molar-refractivity contribution in [2.75, 3.05) is 19.7 Å². The lowest BCUT2D eigenvalue weighted by atomic mass is 10.1. The number of benzene rings is 1. The van der Waals surface area contributed by atoms with E-state index in [-0.39, 0.29) is 23.4 Å². The van der Waals surface area contributed by atoms with E-state index in [1.807, 2.05) is 0 Å². The first-order chi connectivity index (χ1) is 12.6. The molecule has 1 amide bonds. The number of amides is 1. The molecule has 0 radical (unpaired) electrons. The van der Waals surface area contributed by atoms with Crippen molar-refractivity contribution in [3.05, 3.63) is 82.2 Å². The van der Waals surface area contributed by atoms with E-state index in [0.717, 1.165) is 5.56 Å². The Morgan fingerprint density at radius 2 is 2.00 bits per heavy atom. The Balaban J connectivity index is 1.61. The zero-order chi connectivity index (χ0) is 18.1. The number of morpholine rings is 1. The van der Waals surface area contributed by atoms with Gasteiger partial charge in [-0.2, -0.15) is 0 Å². The smallest absolute Gasteiger partial charge is 0.270 e. The van der Waals surface area contributed by atoms with Crippen molar-refractivity contribution in [1.29, 1.82) is 0 Å². The average molecular weight is 353 g/mol. The quantitative estimate of drug-likeness (QED) is 0.707. The van der Waals surface area contributed by atoms with E-state index in [9.17, 15) is 14.0 Å². The molecule has 6 nitrogen and oxygen atoms in total. The van der Waals surface area contributed by atoms with Crippen LogP contribution in [-0.2, 0) is 4.74 Å². The number of hydrogen-bond acceptors (Lipinski definition) is 4. The van der Waals surface area contributed by atoms with Gasteiger partial charge in [0.1, 0.15) is 23.1 Å². The van der Waals surface area contributed by atoms with Gasteiger partial charge in [-0.3, -0.25) is 14.0 Å². The highest BCUT2D eigenvalue weighted by Gasteiger charge is 2.28. The van der Waals surface area contributed by atoms with Crippen LogP contribution in [0, 0.1) is 5.82 Å². The van der Waals surface area contributed by atoms with E-state index < -0.39 is 5.56 Å². The molecule has 1 unspecified atom stereocenters. The fraction of sp³-hybridized carbons (Fsp3) is 0.211. The number of hydrogen-bond donors (Lipinski definition) is 0. The first kappa shape index (κ1) is 16.4. The van der Waals surface area contributed by atoms with Gasteiger partial charge in [-0.1, -0.05) is 18.2 Å². The third kappa shape index (κ3) is 2.97. The van der Waals surface area contributed by atoms with Crippen LogP contribution in [-0.4, -0.2) is 39.9 Å². The van der Waals surface area contributed by atoms with E-state index >= 15 is 0 Å². The molecule has 0 N–H and O–H groups in total. The summed E-state index contributed by atoms with van der Waals surface area (Å²) in [6.07, 6.45) is 2.55. The summed E-state index contributed by atoms with van der Waals surface area (Å²) in [4.78, 5) is 31.2. The van der Waals surface area contributed by atoms with E-state index in [4.69, 9.17) is 4.74 Å². The zero-order valence-corrected chi connectivity index (χ0v) is 13.8. The lowest BCUT2D eigenvalue weighted by molar-refractivity contribution is -0.0229. The molecule has 132 valence electrons. The molecule has 1 aliphatic rings. The van der Waals surface area contributed by atoms with Crippen molar-refractivity contribution >= 4 is 11.6 Å². The van der Waals surface area contributed by atoms with Crippen LogP contribution < -0.4 is 5.56 Å². The van der Waals surface area contributed by atoms with Crippen molar-refractivity contribution in [2.24, 2.45) is 0 Å². The number of halogens is 1. The van der Waals surface area contributed by atoms with Crippen molar-refractivity contribution in [3.63, 3.8) is 0 Å². The Hall–Kier alpha value is -3.06. The van der Waals surface area contributed by atoms with Gasteiger partial charge in [0.05, 0.1) is 13.2 Å². The number of fused-ring (bicyclic) bond motifs is 1. The highest BCUT2D eigenvalue weighted by Crippen LogP contribution is 2.23. The van der Waals surface area contributed by atoms with Gasteiger partial charge >= 0.3 is 0 Å². The second-order valence-corrected chi connectivity index (χ2v) is 6.07. The predicted molar refractivity (Wildman–Crippen MR) is 92.5 cm³/mol. The summed E-state index contributed by atoms with van der Waals surface area (Å²) in [5.74, 6) is -0.705. The normalized spacial score (nSPS) is 17.4. The topological polar surface area (TPSA) is 63.9 Å². The maximum Gasteiger partial charge on any atom is 0.270 e. The van der Waals surface area contributed by atoms with Gasteiger partial charge in [0.2, 0.25) is 0 Å². The summed E-state index contributed by atoms with van der Waals surface area (Å²) < 4.78 is 20.2. The molecule has 3 aromatic rings. The summed E-state index contributed by atoms with van der Waals surface area (Å²) in [5, 5.41) is 0. The Morgan fingerprint density at radius 1 is 1.19 bits per heavy atom. The van der Waals surface area contributed by atoms with Crippen molar-refractivity contribution < 1.29 is 13.9 Å². The minimum atomic E-state index is -0.398. The third-order valence-electron chi connectivity index (χ3n) is 4.44. The van der Waals surface area contributed by atoms with Crippen LogP contribution in [0.1, 0.15) is 22.0 Å². The average Bonchev–Trinajstić information content (AvgIpc) is 2.69. The first-order valence-electron chi connectivity index (χ1n) is 8.26. The summed E-state index contributed by atoms with van der Waals surface area (Å²) in [5.41, 5.74) is 0.899. The van der Waals surface area contributed by atoms with E-state index in [0.29, 0.717) is 25.3 Å². The Labute approximate surface area is 148 Å². The second kappa shape index (κ2) is 6.68. The molecular weight excluding hydrogens is 337 g/mol. The lowest BCUT2D eigenvalue weighted by Gasteiger charge is -2.33. The van der Waals surface area contributed by atoms with E-state index in [2.05, 4.69) is 4.98 Å². The standard InChI is InChI=1S/C19H16FN3O3/c20-14-6-4-13(5-7-14)16-12-22(9-10-26-16)18(24)15-11-21-17-3-1-2-8-23(17)19(15)25/h1-8,11,16H,9-10,12H2. The highest BCUT2D eigenvalue weighted by molar-refractivity contribution is 5.93. The largest absolute Gasteiger partial charge is 0.370 e. The Kier molecular flexibility index (Phi) is 4.22. The van der Waals surface area contributed by atoms with Gasteiger partial charge in [-0.15, -0.1) is 0 Å². The molecular formula is C19H16FN3O3. The summed E-state index contributed by atoms with van der Waals surface area (Å²) in [6, 6.07) is 11.2. The number of carbonyl (C=O) groups excluding carboxylic acids is 1. The van der Waals surface area contributed by atoms with Gasteiger partial charge in [-0.05, 0) is 29.8 Å². The van der Waals surface area contributed by atoms with Crippen LogP contribution in [0.5, 0.6) is 0 Å². The Bertz CT molecular complexity index is 1020. The number of nitrogens with zero attached hydrogens (tertiary/aromatic N) is 3. The van der Waals surface area contributed by atoms with Gasteiger partial charge in [0, 0.05) is 18.9 Å². The second-order valence-electron chi connectivity index (χ2n) is 6.07. The SMILES string of the molecule is O=C(c1cnc2ccccn2c1=O)N1CCOC(c2ccc(F)cc2)C1. The Morgan fingerprint density at radius 3 is 2.81 bits per heavy atom. The van der Waals surface area contributed by atoms with Crippen molar-refractivity contribution in [2.45, 2.75) is 6.10 Å². The van der Waals surface area contributed by atoms with Crippen molar-refractivity contribution in [1.82, 2.24) is 14.3 Å². The highest BCUT2D eigenvalue weighted by atomic mass is 19.1. The molecule has 7 heteroatoms. The molecule has 0 spiro atoms. The maximum atomic E-state index is 13.1. The summed E-state index contributed by atoms with van der Waals surface area (Å²) in [6.45, 7) is 1.02. The van der Waals surface area contributed by atoms with Gasteiger partial charge in [0.15, 0.2) is 0 Å². The zero-order valence-electron chi connectivity index (χ0n) is 13.8. The van der Waals surface area contributed by atoms with Gasteiger partial charge in [-0.25, -0.2) is 9.37 Å². The summed E-state index contributed by atoms with van der Waals surface area (Å²) in [7, 11) is 0. The number of rotatable bonds is 2. The monoisotopic (exact) mass is 353 g/mol. The van der Waals surface area contributed by atoms with Crippen LogP contribution in [0.4, 0.5) is 4.39 Å². The maximum absolute atomic E-state index is 13.1. The van der Waals surface area contributed by atoms with Crippen LogP contribution in [0.2, 0.25) is 0 Å². The molecule has 0 aliphatic carbocycles. The van der Waals surface area contributed by atoms with Gasteiger partial charge in [0.25, 0.3) is 11.5 Å². The minimum Gasteiger partial charge on any atom is -0.370 e.